The van der Waals surface area contributed by atoms with Gasteiger partial charge >= 0.3 is 0 Å². The number of fused-ring (bicyclic) bond motifs is 3. The summed E-state index contributed by atoms with van der Waals surface area (Å²) in [5, 5.41) is 9.10. The summed E-state index contributed by atoms with van der Waals surface area (Å²) in [7, 11) is 0. The standard InChI is InChI=1S/C19H20FN5O2S/c1-2-24-18(27)17-14(9-10-28-17)25-15(22-23-19(24)25)7-8-16(26)21-11-12-3-5-13(20)6-4-12/h3-6,9-10,19,23H,2,7-8,11H2,1H3,(H,21,26). The van der Waals surface area contributed by atoms with Crippen molar-refractivity contribution in [3.05, 3.63) is 52.0 Å². The van der Waals surface area contributed by atoms with Crippen LogP contribution in [0.1, 0.15) is 35.0 Å². The van der Waals surface area contributed by atoms with E-state index >= 15 is 0 Å². The quantitative estimate of drug-likeness (QED) is 0.780. The number of hydrogen-bond acceptors (Lipinski definition) is 6. The summed E-state index contributed by atoms with van der Waals surface area (Å²) in [5.74, 6) is 0.314. The molecule has 0 saturated heterocycles. The molecule has 0 bridgehead atoms. The number of benzene rings is 1. The molecule has 0 spiro atoms. The van der Waals surface area contributed by atoms with Crippen molar-refractivity contribution in [3.8, 4) is 0 Å². The minimum Gasteiger partial charge on any atom is -0.352 e. The summed E-state index contributed by atoms with van der Waals surface area (Å²) in [6.07, 6.45) is 0.362. The van der Waals surface area contributed by atoms with Crippen LogP contribution in [0.4, 0.5) is 10.1 Å². The van der Waals surface area contributed by atoms with Gasteiger partial charge in [0.05, 0.1) is 5.69 Å². The van der Waals surface area contributed by atoms with Gasteiger partial charge in [0.15, 0.2) is 0 Å². The van der Waals surface area contributed by atoms with Gasteiger partial charge in [-0.2, -0.15) is 5.10 Å². The highest BCUT2D eigenvalue weighted by Crippen LogP contribution is 2.36. The van der Waals surface area contributed by atoms with Crippen LogP contribution >= 0.6 is 11.3 Å². The van der Waals surface area contributed by atoms with Crippen molar-refractivity contribution in [1.29, 1.82) is 0 Å². The number of thiophene rings is 1. The second-order valence-electron chi connectivity index (χ2n) is 6.53. The maximum atomic E-state index is 12.9. The molecule has 2 aromatic rings. The lowest BCUT2D eigenvalue weighted by Crippen LogP contribution is -2.58. The van der Waals surface area contributed by atoms with Gasteiger partial charge in [-0.3, -0.25) is 24.8 Å². The highest BCUT2D eigenvalue weighted by Gasteiger charge is 2.42. The molecule has 9 heteroatoms. The molecule has 28 heavy (non-hydrogen) atoms. The van der Waals surface area contributed by atoms with E-state index in [1.807, 2.05) is 23.3 Å². The molecule has 4 rings (SSSR count). The van der Waals surface area contributed by atoms with Crippen molar-refractivity contribution in [2.24, 2.45) is 5.10 Å². The van der Waals surface area contributed by atoms with E-state index in [0.29, 0.717) is 24.4 Å². The minimum absolute atomic E-state index is 0.00487. The number of rotatable bonds is 6. The van der Waals surface area contributed by atoms with Crippen LogP contribution in [0.3, 0.4) is 0 Å². The normalized spacial score (nSPS) is 17.7. The van der Waals surface area contributed by atoms with Gasteiger partial charge in [0, 0.05) is 25.9 Å². The Hall–Kier alpha value is -2.94. The third kappa shape index (κ3) is 3.33. The second kappa shape index (κ2) is 7.59. The predicted octanol–water partition coefficient (Wildman–Crippen LogP) is 2.47. The van der Waals surface area contributed by atoms with Crippen molar-refractivity contribution >= 4 is 34.7 Å². The lowest BCUT2D eigenvalue weighted by Gasteiger charge is -2.39. The van der Waals surface area contributed by atoms with Crippen LogP contribution in [-0.4, -0.2) is 35.4 Å². The van der Waals surface area contributed by atoms with Crippen molar-refractivity contribution in [1.82, 2.24) is 15.6 Å². The van der Waals surface area contributed by atoms with Gasteiger partial charge in [-0.05, 0) is 36.1 Å². The smallest absolute Gasteiger partial charge is 0.269 e. The fraction of sp³-hybridized carbons (Fsp3) is 0.316. The SMILES string of the molecule is CCN1C(=O)c2sccc2N2C(CCC(=O)NCc3ccc(F)cc3)=NNC12. The molecule has 7 nitrogen and oxygen atoms in total. The van der Waals surface area contributed by atoms with E-state index in [1.54, 1.807) is 17.0 Å². The van der Waals surface area contributed by atoms with Gasteiger partial charge < -0.3 is 5.32 Å². The topological polar surface area (TPSA) is 77.0 Å². The molecule has 0 aliphatic carbocycles. The molecular formula is C19H20FN5O2S. The van der Waals surface area contributed by atoms with Gasteiger partial charge in [0.25, 0.3) is 5.91 Å². The number of hydrogen-bond donors (Lipinski definition) is 2. The molecule has 2 aliphatic heterocycles. The average molecular weight is 401 g/mol. The first kappa shape index (κ1) is 18.4. The number of halogens is 1. The van der Waals surface area contributed by atoms with Crippen molar-refractivity contribution in [2.45, 2.75) is 32.6 Å². The molecule has 2 amide bonds. The number of carbonyl (C=O) groups is 2. The summed E-state index contributed by atoms with van der Waals surface area (Å²) >= 11 is 1.41. The molecule has 2 N–H and O–H groups in total. The molecule has 1 atom stereocenters. The van der Waals surface area contributed by atoms with Crippen LogP contribution in [0.5, 0.6) is 0 Å². The Morgan fingerprint density at radius 2 is 2.11 bits per heavy atom. The molecule has 3 heterocycles. The third-order valence-electron chi connectivity index (χ3n) is 4.81. The number of hydrazone groups is 1. The Morgan fingerprint density at radius 1 is 1.32 bits per heavy atom. The van der Waals surface area contributed by atoms with Crippen molar-refractivity contribution in [3.63, 3.8) is 0 Å². The zero-order chi connectivity index (χ0) is 19.7. The molecule has 146 valence electrons. The highest BCUT2D eigenvalue weighted by molar-refractivity contribution is 7.12. The Bertz CT molecular complexity index is 927. The largest absolute Gasteiger partial charge is 0.352 e. The Morgan fingerprint density at radius 3 is 2.86 bits per heavy atom. The first-order chi connectivity index (χ1) is 13.6. The first-order valence-corrected chi connectivity index (χ1v) is 9.97. The number of anilines is 1. The Balaban J connectivity index is 1.38. The molecule has 0 radical (unpaired) electrons. The maximum Gasteiger partial charge on any atom is 0.269 e. The Kier molecular flexibility index (Phi) is 4.99. The summed E-state index contributed by atoms with van der Waals surface area (Å²) in [5.41, 5.74) is 4.69. The second-order valence-corrected chi connectivity index (χ2v) is 7.45. The van der Waals surface area contributed by atoms with Crippen molar-refractivity contribution < 1.29 is 14.0 Å². The number of carbonyl (C=O) groups excluding carboxylic acids is 2. The van der Waals surface area contributed by atoms with Gasteiger partial charge in [0.1, 0.15) is 16.5 Å². The van der Waals surface area contributed by atoms with E-state index in [4.69, 9.17) is 0 Å². The third-order valence-corrected chi connectivity index (χ3v) is 5.70. The number of nitrogens with one attached hydrogen (secondary N) is 2. The maximum absolute atomic E-state index is 12.9. The van der Waals surface area contributed by atoms with E-state index in [1.165, 1.54) is 23.5 Å². The summed E-state index contributed by atoms with van der Waals surface area (Å²) in [6, 6.07) is 7.95. The zero-order valence-electron chi connectivity index (χ0n) is 15.3. The van der Waals surface area contributed by atoms with Gasteiger partial charge in [-0.1, -0.05) is 12.1 Å². The summed E-state index contributed by atoms with van der Waals surface area (Å²) in [6.45, 7) is 2.84. The van der Waals surface area contributed by atoms with Crippen LogP contribution in [0.25, 0.3) is 0 Å². The van der Waals surface area contributed by atoms with E-state index in [0.717, 1.165) is 17.1 Å². The molecule has 0 saturated carbocycles. The van der Waals surface area contributed by atoms with Crippen LogP contribution in [-0.2, 0) is 11.3 Å². The van der Waals surface area contributed by atoms with Gasteiger partial charge in [-0.15, -0.1) is 11.3 Å². The van der Waals surface area contributed by atoms with E-state index in [9.17, 15) is 14.0 Å². The molecule has 1 aromatic carbocycles. The Labute approximate surface area is 165 Å². The fourth-order valence-electron chi connectivity index (χ4n) is 3.37. The fourth-order valence-corrected chi connectivity index (χ4v) is 4.21. The number of amidine groups is 1. The molecular weight excluding hydrogens is 381 g/mol. The van der Waals surface area contributed by atoms with Crippen LogP contribution in [0, 0.1) is 5.82 Å². The molecule has 0 fully saturated rings. The summed E-state index contributed by atoms with van der Waals surface area (Å²) in [4.78, 5) is 29.2. The van der Waals surface area contributed by atoms with Crippen LogP contribution < -0.4 is 15.6 Å². The zero-order valence-corrected chi connectivity index (χ0v) is 16.1. The van der Waals surface area contributed by atoms with Gasteiger partial charge in [0.2, 0.25) is 12.2 Å². The average Bonchev–Trinajstić information content (AvgIpc) is 3.33. The van der Waals surface area contributed by atoms with Crippen molar-refractivity contribution in [2.75, 3.05) is 11.4 Å². The van der Waals surface area contributed by atoms with Crippen LogP contribution in [0.15, 0.2) is 40.8 Å². The first-order valence-electron chi connectivity index (χ1n) is 9.09. The number of nitrogens with zero attached hydrogens (tertiary/aromatic N) is 3. The van der Waals surface area contributed by atoms with E-state index < -0.39 is 0 Å². The van der Waals surface area contributed by atoms with Crippen LogP contribution in [0.2, 0.25) is 0 Å². The monoisotopic (exact) mass is 401 g/mol. The molecule has 1 unspecified atom stereocenters. The van der Waals surface area contributed by atoms with Gasteiger partial charge in [-0.25, -0.2) is 4.39 Å². The molecule has 2 aliphatic rings. The highest BCUT2D eigenvalue weighted by atomic mass is 32.1. The van der Waals surface area contributed by atoms with E-state index in [-0.39, 0.29) is 30.3 Å². The lowest BCUT2D eigenvalue weighted by molar-refractivity contribution is -0.121. The number of amides is 2. The molecule has 1 aromatic heterocycles. The van der Waals surface area contributed by atoms with E-state index in [2.05, 4.69) is 15.8 Å². The summed E-state index contributed by atoms with van der Waals surface area (Å²) < 4.78 is 12.9. The predicted molar refractivity (Wildman–Crippen MR) is 105 cm³/mol. The lowest BCUT2D eigenvalue weighted by atomic mass is 10.2. The minimum atomic E-state index is -0.350.